The lowest BCUT2D eigenvalue weighted by molar-refractivity contribution is 0.0216. The molecule has 1 saturated heterocycles. The molecule has 0 spiro atoms. The van der Waals surface area contributed by atoms with Crippen LogP contribution in [0.5, 0.6) is 0 Å². The first-order valence-corrected chi connectivity index (χ1v) is 7.35. The number of hydrogen-bond donors (Lipinski definition) is 0. The summed E-state index contributed by atoms with van der Waals surface area (Å²) in [5.41, 5.74) is -0.453. The van der Waals surface area contributed by atoms with Gasteiger partial charge in [0, 0.05) is 26.0 Å². The Bertz CT molecular complexity index is 435. The Morgan fingerprint density at radius 2 is 2.05 bits per heavy atom. The van der Waals surface area contributed by atoms with E-state index >= 15 is 0 Å². The van der Waals surface area contributed by atoms with Gasteiger partial charge < -0.3 is 9.30 Å². The molecule has 0 N–H and O–H groups in total. The molecule has 1 atom stereocenters. The predicted molar refractivity (Wildman–Crippen MR) is 79.5 cm³/mol. The average molecular weight is 281 g/mol. The van der Waals surface area contributed by atoms with Crippen LogP contribution in [0.15, 0.2) is 12.4 Å². The third kappa shape index (κ3) is 3.99. The minimum absolute atomic E-state index is 0.0415. The Hall–Kier alpha value is -1.52. The van der Waals surface area contributed by atoms with Gasteiger partial charge in [-0.15, -0.1) is 0 Å². The van der Waals surface area contributed by atoms with Gasteiger partial charge in [0.15, 0.2) is 0 Å². The summed E-state index contributed by atoms with van der Waals surface area (Å²) in [4.78, 5) is 18.3. The van der Waals surface area contributed by atoms with Crippen LogP contribution in [-0.2, 0) is 11.8 Å². The van der Waals surface area contributed by atoms with Gasteiger partial charge in [-0.05, 0) is 33.6 Å². The molecule has 1 aromatic rings. The van der Waals surface area contributed by atoms with Gasteiger partial charge in [0.1, 0.15) is 11.4 Å². The lowest BCUT2D eigenvalue weighted by Gasteiger charge is -2.28. The zero-order valence-corrected chi connectivity index (χ0v) is 13.5. The Kier molecular flexibility index (Phi) is 5.60. The van der Waals surface area contributed by atoms with Crippen molar-refractivity contribution in [3.63, 3.8) is 0 Å². The first-order valence-electron chi connectivity index (χ1n) is 7.35. The van der Waals surface area contributed by atoms with Crippen molar-refractivity contribution in [2.24, 2.45) is 7.05 Å². The fraction of sp³-hybridized carbons (Fsp3) is 0.733. The maximum absolute atomic E-state index is 12.1. The van der Waals surface area contributed by atoms with E-state index in [1.807, 2.05) is 52.4 Å². The lowest BCUT2D eigenvalue weighted by Crippen LogP contribution is -2.37. The van der Waals surface area contributed by atoms with Gasteiger partial charge in [0.2, 0.25) is 0 Å². The molecule has 1 aromatic heterocycles. The predicted octanol–water partition coefficient (Wildman–Crippen LogP) is 3.52. The highest BCUT2D eigenvalue weighted by molar-refractivity contribution is 5.69. The van der Waals surface area contributed by atoms with Crippen LogP contribution in [0.25, 0.3) is 0 Å². The number of likely N-dealkylation sites (tertiary alicyclic amines) is 1. The quantitative estimate of drug-likeness (QED) is 0.791. The van der Waals surface area contributed by atoms with Crippen LogP contribution in [0, 0.1) is 0 Å². The molecule has 0 aliphatic carbocycles. The van der Waals surface area contributed by atoms with E-state index in [4.69, 9.17) is 4.74 Å². The third-order valence-electron chi connectivity index (χ3n) is 3.04. The highest BCUT2D eigenvalue weighted by Gasteiger charge is 2.34. The fourth-order valence-electron chi connectivity index (χ4n) is 2.27. The molecule has 0 radical (unpaired) electrons. The van der Waals surface area contributed by atoms with Crippen molar-refractivity contribution in [2.75, 3.05) is 6.54 Å². The van der Waals surface area contributed by atoms with E-state index in [2.05, 4.69) is 4.98 Å². The molecule has 0 aromatic carbocycles. The summed E-state index contributed by atoms with van der Waals surface area (Å²) in [6.45, 7) is 10.4. The first-order chi connectivity index (χ1) is 9.38. The van der Waals surface area contributed by atoms with E-state index in [1.165, 1.54) is 0 Å². The van der Waals surface area contributed by atoms with Crippen LogP contribution < -0.4 is 0 Å². The molecule has 0 saturated carbocycles. The number of nitrogens with zero attached hydrogens (tertiary/aromatic N) is 3. The zero-order valence-electron chi connectivity index (χ0n) is 13.5. The second-order valence-corrected chi connectivity index (χ2v) is 5.73. The Labute approximate surface area is 121 Å². The number of imidazole rings is 1. The molecule has 5 heteroatoms. The molecular weight excluding hydrogens is 254 g/mol. The van der Waals surface area contributed by atoms with Crippen LogP contribution in [0.3, 0.4) is 0 Å². The van der Waals surface area contributed by atoms with Crippen molar-refractivity contribution in [1.82, 2.24) is 14.5 Å². The summed E-state index contributed by atoms with van der Waals surface area (Å²) in [6.07, 6.45) is 5.37. The van der Waals surface area contributed by atoms with Crippen LogP contribution in [0.1, 0.15) is 59.3 Å². The molecule has 1 aliphatic rings. The molecule has 2 heterocycles. The molecule has 114 valence electrons. The van der Waals surface area contributed by atoms with Crippen molar-refractivity contribution in [3.05, 3.63) is 18.2 Å². The van der Waals surface area contributed by atoms with E-state index in [0.29, 0.717) is 0 Å². The summed E-state index contributed by atoms with van der Waals surface area (Å²) >= 11 is 0. The van der Waals surface area contributed by atoms with Crippen LogP contribution in [0.4, 0.5) is 4.79 Å². The molecule has 1 amide bonds. The number of carbonyl (C=O) groups is 1. The highest BCUT2D eigenvalue weighted by atomic mass is 16.6. The maximum Gasteiger partial charge on any atom is 0.410 e. The van der Waals surface area contributed by atoms with Crippen molar-refractivity contribution in [1.29, 1.82) is 0 Å². The summed E-state index contributed by atoms with van der Waals surface area (Å²) < 4.78 is 7.41. The number of ether oxygens (including phenoxy) is 1. The van der Waals surface area contributed by atoms with Crippen molar-refractivity contribution in [3.8, 4) is 0 Å². The number of hydrogen-bond acceptors (Lipinski definition) is 3. The molecule has 20 heavy (non-hydrogen) atoms. The normalized spacial score (nSPS) is 18.5. The van der Waals surface area contributed by atoms with E-state index in [1.54, 1.807) is 11.1 Å². The monoisotopic (exact) mass is 281 g/mol. The van der Waals surface area contributed by atoms with Crippen LogP contribution >= 0.6 is 0 Å². The minimum atomic E-state index is -0.453. The van der Waals surface area contributed by atoms with Crippen LogP contribution in [-0.4, -0.2) is 32.7 Å². The smallest absolute Gasteiger partial charge is 0.410 e. The van der Waals surface area contributed by atoms with Crippen molar-refractivity contribution < 1.29 is 9.53 Å². The molecule has 2 rings (SSSR count). The zero-order chi connectivity index (χ0) is 15.3. The van der Waals surface area contributed by atoms with E-state index < -0.39 is 5.60 Å². The Morgan fingerprint density at radius 3 is 2.55 bits per heavy atom. The third-order valence-corrected chi connectivity index (χ3v) is 3.04. The van der Waals surface area contributed by atoms with Crippen molar-refractivity contribution in [2.45, 2.75) is 59.1 Å². The average Bonchev–Trinajstić information content (AvgIpc) is 2.97. The summed E-state index contributed by atoms with van der Waals surface area (Å²) in [5, 5.41) is 0. The molecular formula is C15H27N3O2. The summed E-state index contributed by atoms with van der Waals surface area (Å²) in [7, 11) is 1.95. The highest BCUT2D eigenvalue weighted by Crippen LogP contribution is 2.31. The second kappa shape index (κ2) is 6.77. The van der Waals surface area contributed by atoms with Gasteiger partial charge in [-0.25, -0.2) is 9.78 Å². The first kappa shape index (κ1) is 16.5. The largest absolute Gasteiger partial charge is 0.444 e. The molecule has 1 fully saturated rings. The topological polar surface area (TPSA) is 47.4 Å². The van der Waals surface area contributed by atoms with Gasteiger partial charge in [0.25, 0.3) is 0 Å². The molecule has 5 nitrogen and oxygen atoms in total. The van der Waals surface area contributed by atoms with Gasteiger partial charge >= 0.3 is 6.09 Å². The van der Waals surface area contributed by atoms with E-state index in [9.17, 15) is 4.79 Å². The molecule has 1 aliphatic heterocycles. The summed E-state index contributed by atoms with van der Waals surface area (Å²) in [5.74, 6) is 0.929. The van der Waals surface area contributed by atoms with Crippen molar-refractivity contribution >= 4 is 6.09 Å². The van der Waals surface area contributed by atoms with Gasteiger partial charge in [-0.1, -0.05) is 13.8 Å². The molecule has 0 bridgehead atoms. The Balaban J connectivity index is 0.000000956. The number of carbonyl (C=O) groups excluding carboxylic acids is 1. The Morgan fingerprint density at radius 1 is 1.40 bits per heavy atom. The minimum Gasteiger partial charge on any atom is -0.444 e. The van der Waals surface area contributed by atoms with Crippen LogP contribution in [0.2, 0.25) is 0 Å². The number of aryl methyl sites for hydroxylation is 1. The van der Waals surface area contributed by atoms with Gasteiger partial charge in [0.05, 0.1) is 6.04 Å². The lowest BCUT2D eigenvalue weighted by atomic mass is 10.2. The van der Waals surface area contributed by atoms with E-state index in [-0.39, 0.29) is 12.1 Å². The van der Waals surface area contributed by atoms with E-state index in [0.717, 1.165) is 25.2 Å². The summed E-state index contributed by atoms with van der Waals surface area (Å²) in [6, 6.07) is 0.0415. The maximum atomic E-state index is 12.1. The second-order valence-electron chi connectivity index (χ2n) is 5.73. The number of amides is 1. The number of aromatic nitrogens is 2. The number of rotatable bonds is 1. The molecule has 1 unspecified atom stereocenters. The van der Waals surface area contributed by atoms with Gasteiger partial charge in [-0.2, -0.15) is 0 Å². The SMILES string of the molecule is CC.Cn1ccnc1C1CCCN1C(=O)OC(C)(C)C. The van der Waals surface area contributed by atoms with Gasteiger partial charge in [-0.3, -0.25) is 4.90 Å². The standard InChI is InChI=1S/C13H21N3O2.C2H6/c1-13(2,3)18-12(17)16-8-5-6-10(16)11-14-7-9-15(11)4;1-2/h7,9-10H,5-6,8H2,1-4H3;1-2H3. The fourth-order valence-corrected chi connectivity index (χ4v) is 2.27.